The van der Waals surface area contributed by atoms with E-state index < -0.39 is 6.36 Å². The van der Waals surface area contributed by atoms with Crippen LogP contribution in [0.5, 0.6) is 5.75 Å². The molecule has 0 amide bonds. The van der Waals surface area contributed by atoms with Gasteiger partial charge in [-0.2, -0.15) is 0 Å². The van der Waals surface area contributed by atoms with Gasteiger partial charge in [-0.05, 0) is 36.6 Å². The summed E-state index contributed by atoms with van der Waals surface area (Å²) in [6.45, 7) is 1.91. The maximum atomic E-state index is 12.0. The van der Waals surface area contributed by atoms with Gasteiger partial charge < -0.3 is 10.5 Å². The van der Waals surface area contributed by atoms with Gasteiger partial charge in [0.25, 0.3) is 0 Å². The molecule has 6 heteroatoms. The molecular formula is C11H13ClF3NO. The molecular weight excluding hydrogens is 255 g/mol. The van der Waals surface area contributed by atoms with Crippen LogP contribution in [-0.4, -0.2) is 12.4 Å². The fraction of sp³-hybridized carbons (Fsp3) is 0.455. The summed E-state index contributed by atoms with van der Waals surface area (Å²) in [5.74, 6) is -0.316. The maximum absolute atomic E-state index is 12.0. The van der Waals surface area contributed by atoms with E-state index in [9.17, 15) is 13.2 Å². The van der Waals surface area contributed by atoms with Crippen molar-refractivity contribution in [2.45, 2.75) is 32.2 Å². The van der Waals surface area contributed by atoms with Crippen molar-refractivity contribution in [3.8, 4) is 5.75 Å². The molecule has 96 valence electrons. The van der Waals surface area contributed by atoms with Crippen LogP contribution in [0.2, 0.25) is 5.02 Å². The molecule has 1 atom stereocenters. The van der Waals surface area contributed by atoms with E-state index in [1.807, 2.05) is 6.92 Å². The molecule has 1 unspecified atom stereocenters. The van der Waals surface area contributed by atoms with E-state index in [1.54, 1.807) is 6.07 Å². The highest BCUT2D eigenvalue weighted by Crippen LogP contribution is 2.27. The molecule has 0 saturated carbocycles. The number of rotatable bonds is 4. The Hall–Kier alpha value is -0.940. The van der Waals surface area contributed by atoms with Crippen molar-refractivity contribution in [3.63, 3.8) is 0 Å². The van der Waals surface area contributed by atoms with E-state index in [2.05, 4.69) is 4.74 Å². The molecule has 0 saturated heterocycles. The Balaban J connectivity index is 2.86. The minimum Gasteiger partial charge on any atom is -0.406 e. The molecule has 0 aliphatic carbocycles. The summed E-state index contributed by atoms with van der Waals surface area (Å²) < 4.78 is 39.9. The average molecular weight is 268 g/mol. The molecule has 0 aromatic heterocycles. The van der Waals surface area contributed by atoms with Gasteiger partial charge in [0.1, 0.15) is 5.75 Å². The largest absolute Gasteiger partial charge is 0.573 e. The van der Waals surface area contributed by atoms with Crippen LogP contribution >= 0.6 is 11.6 Å². The Labute approximate surface area is 103 Å². The van der Waals surface area contributed by atoms with E-state index >= 15 is 0 Å². The van der Waals surface area contributed by atoms with Crippen molar-refractivity contribution in [1.29, 1.82) is 0 Å². The second kappa shape index (κ2) is 5.60. The van der Waals surface area contributed by atoms with Crippen molar-refractivity contribution in [2.75, 3.05) is 0 Å². The quantitative estimate of drug-likeness (QED) is 0.906. The first-order chi connectivity index (χ1) is 7.80. The van der Waals surface area contributed by atoms with Gasteiger partial charge in [0.2, 0.25) is 0 Å². The fourth-order valence-electron chi connectivity index (χ4n) is 1.38. The first kappa shape index (κ1) is 14.1. The second-order valence-electron chi connectivity index (χ2n) is 3.72. The van der Waals surface area contributed by atoms with E-state index in [1.165, 1.54) is 6.07 Å². The molecule has 2 nitrogen and oxygen atoms in total. The Morgan fingerprint density at radius 3 is 2.53 bits per heavy atom. The van der Waals surface area contributed by atoms with E-state index in [4.69, 9.17) is 17.3 Å². The predicted octanol–water partition coefficient (Wildman–Crippen LogP) is 3.52. The van der Waals surface area contributed by atoms with Gasteiger partial charge in [-0.3, -0.25) is 0 Å². The lowest BCUT2D eigenvalue weighted by Gasteiger charge is -2.13. The highest BCUT2D eigenvalue weighted by molar-refractivity contribution is 6.30. The summed E-state index contributed by atoms with van der Waals surface area (Å²) >= 11 is 5.72. The molecule has 0 bridgehead atoms. The van der Waals surface area contributed by atoms with Crippen molar-refractivity contribution < 1.29 is 17.9 Å². The fourth-order valence-corrected chi connectivity index (χ4v) is 1.63. The zero-order valence-electron chi connectivity index (χ0n) is 9.22. The summed E-state index contributed by atoms with van der Waals surface area (Å²) in [4.78, 5) is 0. The Bertz CT molecular complexity index is 381. The third-order valence-corrected chi connectivity index (χ3v) is 2.41. The second-order valence-corrected chi connectivity index (χ2v) is 4.15. The van der Waals surface area contributed by atoms with Crippen LogP contribution in [-0.2, 0) is 6.42 Å². The zero-order valence-corrected chi connectivity index (χ0v) is 9.98. The van der Waals surface area contributed by atoms with Gasteiger partial charge in [0.15, 0.2) is 0 Å². The van der Waals surface area contributed by atoms with Crippen LogP contribution in [0.15, 0.2) is 18.2 Å². The summed E-state index contributed by atoms with van der Waals surface area (Å²) in [6, 6.07) is 3.90. The van der Waals surface area contributed by atoms with Crippen LogP contribution in [0.4, 0.5) is 13.2 Å². The van der Waals surface area contributed by atoms with Gasteiger partial charge in [-0.1, -0.05) is 18.5 Å². The molecule has 0 fully saturated rings. The highest BCUT2D eigenvalue weighted by Gasteiger charge is 2.31. The third-order valence-electron chi connectivity index (χ3n) is 2.19. The van der Waals surface area contributed by atoms with Gasteiger partial charge >= 0.3 is 6.36 Å². The number of ether oxygens (including phenoxy) is 1. The maximum Gasteiger partial charge on any atom is 0.573 e. The Morgan fingerprint density at radius 2 is 2.00 bits per heavy atom. The number of benzene rings is 1. The van der Waals surface area contributed by atoms with Gasteiger partial charge in [0, 0.05) is 11.1 Å². The number of alkyl halides is 3. The molecule has 0 aliphatic heterocycles. The lowest BCUT2D eigenvalue weighted by Crippen LogP contribution is -2.21. The Kier molecular flexibility index (Phi) is 4.65. The number of hydrogen-bond acceptors (Lipinski definition) is 2. The standard InChI is InChI=1S/C11H13ClF3NO/c1-2-9(16)4-7-3-8(12)6-10(5-7)17-11(13,14)15/h3,5-6,9H,2,4,16H2,1H3. The molecule has 0 aliphatic rings. The highest BCUT2D eigenvalue weighted by atomic mass is 35.5. The summed E-state index contributed by atoms with van der Waals surface area (Å²) in [6.07, 6.45) is -3.51. The molecule has 2 N–H and O–H groups in total. The third kappa shape index (κ3) is 5.28. The normalized spacial score (nSPS) is 13.5. The molecule has 0 spiro atoms. The van der Waals surface area contributed by atoms with Crippen LogP contribution < -0.4 is 10.5 Å². The van der Waals surface area contributed by atoms with Crippen LogP contribution in [0.1, 0.15) is 18.9 Å². The van der Waals surface area contributed by atoms with Crippen LogP contribution in [0, 0.1) is 0 Å². The minimum absolute atomic E-state index is 0.104. The molecule has 17 heavy (non-hydrogen) atoms. The first-order valence-electron chi connectivity index (χ1n) is 5.11. The number of halogens is 4. The van der Waals surface area contributed by atoms with Gasteiger partial charge in [-0.15, -0.1) is 13.2 Å². The van der Waals surface area contributed by atoms with E-state index in [0.717, 1.165) is 12.5 Å². The van der Waals surface area contributed by atoms with Crippen LogP contribution in [0.3, 0.4) is 0 Å². The number of hydrogen-bond donors (Lipinski definition) is 1. The zero-order chi connectivity index (χ0) is 13.1. The smallest absolute Gasteiger partial charge is 0.406 e. The monoisotopic (exact) mass is 267 g/mol. The molecule has 1 aromatic carbocycles. The summed E-state index contributed by atoms with van der Waals surface area (Å²) in [5.41, 5.74) is 6.36. The van der Waals surface area contributed by atoms with Gasteiger partial charge in [0.05, 0.1) is 0 Å². The summed E-state index contributed by atoms with van der Waals surface area (Å²) in [7, 11) is 0. The SMILES string of the molecule is CCC(N)Cc1cc(Cl)cc(OC(F)(F)F)c1. The summed E-state index contributed by atoms with van der Waals surface area (Å²) in [5, 5.41) is 0.199. The van der Waals surface area contributed by atoms with E-state index in [0.29, 0.717) is 12.0 Å². The average Bonchev–Trinajstić information content (AvgIpc) is 2.13. The van der Waals surface area contributed by atoms with Crippen LogP contribution in [0.25, 0.3) is 0 Å². The molecule has 0 heterocycles. The molecule has 0 radical (unpaired) electrons. The predicted molar refractivity (Wildman–Crippen MR) is 60.1 cm³/mol. The van der Waals surface area contributed by atoms with Gasteiger partial charge in [-0.25, -0.2) is 0 Å². The van der Waals surface area contributed by atoms with Crippen molar-refractivity contribution in [1.82, 2.24) is 0 Å². The molecule has 1 aromatic rings. The first-order valence-corrected chi connectivity index (χ1v) is 5.48. The van der Waals surface area contributed by atoms with Crippen molar-refractivity contribution >= 4 is 11.6 Å². The topological polar surface area (TPSA) is 35.2 Å². The molecule has 1 rings (SSSR count). The van der Waals surface area contributed by atoms with Crippen molar-refractivity contribution in [2.24, 2.45) is 5.73 Å². The van der Waals surface area contributed by atoms with E-state index in [-0.39, 0.29) is 16.8 Å². The minimum atomic E-state index is -4.71. The lowest BCUT2D eigenvalue weighted by molar-refractivity contribution is -0.274. The Morgan fingerprint density at radius 1 is 1.35 bits per heavy atom. The lowest BCUT2D eigenvalue weighted by atomic mass is 10.0. The van der Waals surface area contributed by atoms with Crippen molar-refractivity contribution in [3.05, 3.63) is 28.8 Å². The number of nitrogens with two attached hydrogens (primary N) is 1.